The first kappa shape index (κ1) is 12.9. The summed E-state index contributed by atoms with van der Waals surface area (Å²) in [5.74, 6) is -0.919. The predicted molar refractivity (Wildman–Crippen MR) is 79.2 cm³/mol. The van der Waals surface area contributed by atoms with E-state index in [0.717, 1.165) is 16.5 Å². The van der Waals surface area contributed by atoms with E-state index >= 15 is 0 Å². The minimum atomic E-state index is -0.919. The zero-order chi connectivity index (χ0) is 14.8. The molecule has 0 atom stereocenters. The molecule has 21 heavy (non-hydrogen) atoms. The summed E-state index contributed by atoms with van der Waals surface area (Å²) in [6, 6.07) is 16.5. The molecule has 3 aromatic rings. The van der Waals surface area contributed by atoms with E-state index in [2.05, 4.69) is 10.6 Å². The fourth-order valence-electron chi connectivity index (χ4n) is 2.36. The van der Waals surface area contributed by atoms with Crippen molar-refractivity contribution >= 4 is 16.9 Å². The van der Waals surface area contributed by atoms with E-state index in [1.807, 2.05) is 36.5 Å². The molecule has 1 heterocycles. The summed E-state index contributed by atoms with van der Waals surface area (Å²) in [4.78, 5) is 10.8. The lowest BCUT2D eigenvalue weighted by atomic mass is 10.1. The molecule has 0 fully saturated rings. The highest BCUT2D eigenvalue weighted by Gasteiger charge is 2.05. The quantitative estimate of drug-likeness (QED) is 0.798. The van der Waals surface area contributed by atoms with Gasteiger partial charge in [0.25, 0.3) is 0 Å². The van der Waals surface area contributed by atoms with Crippen LogP contribution in [0.4, 0.5) is 0 Å². The highest BCUT2D eigenvalue weighted by molar-refractivity contribution is 5.87. The molecule has 4 heteroatoms. The average Bonchev–Trinajstić information content (AvgIpc) is 2.90. The van der Waals surface area contributed by atoms with Crippen molar-refractivity contribution < 1.29 is 9.90 Å². The van der Waals surface area contributed by atoms with E-state index in [4.69, 9.17) is 10.4 Å². The van der Waals surface area contributed by atoms with Gasteiger partial charge in [-0.2, -0.15) is 5.26 Å². The van der Waals surface area contributed by atoms with Crippen molar-refractivity contribution in [3.8, 4) is 6.07 Å². The molecule has 1 N–H and O–H groups in total. The van der Waals surface area contributed by atoms with Crippen molar-refractivity contribution in [2.75, 3.05) is 0 Å². The third kappa shape index (κ3) is 2.49. The number of hydrogen-bond donors (Lipinski definition) is 1. The van der Waals surface area contributed by atoms with Crippen LogP contribution in [0.5, 0.6) is 0 Å². The molecular formula is C17H12N2O2. The van der Waals surface area contributed by atoms with Gasteiger partial charge in [-0.05, 0) is 42.0 Å². The van der Waals surface area contributed by atoms with Crippen LogP contribution in [0.2, 0.25) is 0 Å². The molecule has 0 aliphatic heterocycles. The number of carboxylic acid groups (broad SMARTS) is 1. The largest absolute Gasteiger partial charge is 0.478 e. The second-order valence-electron chi connectivity index (χ2n) is 4.83. The maximum Gasteiger partial charge on any atom is 0.335 e. The van der Waals surface area contributed by atoms with Crippen molar-refractivity contribution in [2.45, 2.75) is 6.54 Å². The molecule has 102 valence electrons. The summed E-state index contributed by atoms with van der Waals surface area (Å²) in [6.07, 6.45) is 1.97. The van der Waals surface area contributed by atoms with Crippen LogP contribution in [-0.2, 0) is 6.54 Å². The SMILES string of the molecule is N#Cc1ccc2c(ccn2Cc2ccc(C(=O)O)cc2)c1. The van der Waals surface area contributed by atoms with Crippen molar-refractivity contribution in [3.63, 3.8) is 0 Å². The van der Waals surface area contributed by atoms with Gasteiger partial charge in [-0.25, -0.2) is 4.79 Å². The number of aromatic nitrogens is 1. The molecule has 0 aliphatic carbocycles. The lowest BCUT2D eigenvalue weighted by Gasteiger charge is -2.06. The third-order valence-corrected chi connectivity index (χ3v) is 3.45. The topological polar surface area (TPSA) is 66.0 Å². The van der Waals surface area contributed by atoms with Crippen LogP contribution >= 0.6 is 0 Å². The first-order chi connectivity index (χ1) is 10.2. The van der Waals surface area contributed by atoms with E-state index < -0.39 is 5.97 Å². The molecular weight excluding hydrogens is 264 g/mol. The average molecular weight is 276 g/mol. The molecule has 0 spiro atoms. The lowest BCUT2D eigenvalue weighted by Crippen LogP contribution is -2.00. The van der Waals surface area contributed by atoms with Gasteiger partial charge in [0.15, 0.2) is 0 Å². The normalized spacial score (nSPS) is 10.4. The van der Waals surface area contributed by atoms with Crippen LogP contribution in [0.3, 0.4) is 0 Å². The van der Waals surface area contributed by atoms with Crippen molar-refractivity contribution in [1.29, 1.82) is 5.26 Å². The third-order valence-electron chi connectivity index (χ3n) is 3.45. The Morgan fingerprint density at radius 3 is 2.57 bits per heavy atom. The molecule has 0 bridgehead atoms. The second kappa shape index (κ2) is 5.14. The van der Waals surface area contributed by atoms with Gasteiger partial charge in [0.05, 0.1) is 17.2 Å². The van der Waals surface area contributed by atoms with Crippen LogP contribution in [-0.4, -0.2) is 15.6 Å². The zero-order valence-electron chi connectivity index (χ0n) is 11.2. The Morgan fingerprint density at radius 2 is 1.90 bits per heavy atom. The predicted octanol–water partition coefficient (Wildman–Crippen LogP) is 3.26. The summed E-state index contributed by atoms with van der Waals surface area (Å²) in [7, 11) is 0. The Balaban J connectivity index is 1.91. The minimum absolute atomic E-state index is 0.287. The molecule has 4 nitrogen and oxygen atoms in total. The Hall–Kier alpha value is -3.06. The van der Waals surface area contributed by atoms with Crippen LogP contribution in [0.15, 0.2) is 54.7 Å². The summed E-state index contributed by atoms with van der Waals surface area (Å²) in [5, 5.41) is 18.8. The van der Waals surface area contributed by atoms with Gasteiger partial charge < -0.3 is 9.67 Å². The van der Waals surface area contributed by atoms with Gasteiger partial charge in [0, 0.05) is 23.6 Å². The molecule has 0 amide bonds. The Labute approximate surface area is 121 Å². The number of aromatic carboxylic acids is 1. The number of fused-ring (bicyclic) bond motifs is 1. The fraction of sp³-hybridized carbons (Fsp3) is 0.0588. The van der Waals surface area contributed by atoms with Gasteiger partial charge in [-0.3, -0.25) is 0 Å². The van der Waals surface area contributed by atoms with Gasteiger partial charge in [0.1, 0.15) is 0 Å². The first-order valence-corrected chi connectivity index (χ1v) is 6.48. The summed E-state index contributed by atoms with van der Waals surface area (Å²) in [6.45, 7) is 0.662. The number of carboxylic acids is 1. The number of carbonyl (C=O) groups is 1. The van der Waals surface area contributed by atoms with Crippen molar-refractivity contribution in [3.05, 3.63) is 71.4 Å². The van der Waals surface area contributed by atoms with E-state index in [9.17, 15) is 4.79 Å². The Bertz CT molecular complexity index is 855. The second-order valence-corrected chi connectivity index (χ2v) is 4.83. The maximum absolute atomic E-state index is 10.8. The van der Waals surface area contributed by atoms with Crippen LogP contribution in [0, 0.1) is 11.3 Å². The summed E-state index contributed by atoms with van der Waals surface area (Å²) >= 11 is 0. The lowest BCUT2D eigenvalue weighted by molar-refractivity contribution is 0.0697. The number of hydrogen-bond acceptors (Lipinski definition) is 2. The number of rotatable bonds is 3. The highest BCUT2D eigenvalue weighted by atomic mass is 16.4. The Morgan fingerprint density at radius 1 is 1.14 bits per heavy atom. The van der Waals surface area contributed by atoms with E-state index in [-0.39, 0.29) is 5.56 Å². The molecule has 0 radical (unpaired) electrons. The van der Waals surface area contributed by atoms with Crippen molar-refractivity contribution in [2.24, 2.45) is 0 Å². The maximum atomic E-state index is 10.8. The van der Waals surface area contributed by atoms with Gasteiger partial charge in [0.2, 0.25) is 0 Å². The fourth-order valence-corrected chi connectivity index (χ4v) is 2.36. The summed E-state index contributed by atoms with van der Waals surface area (Å²) < 4.78 is 2.08. The van der Waals surface area contributed by atoms with Crippen LogP contribution < -0.4 is 0 Å². The molecule has 0 aliphatic rings. The first-order valence-electron chi connectivity index (χ1n) is 6.48. The standard InChI is InChI=1S/C17H12N2O2/c18-10-13-3-6-16-15(9-13)7-8-19(16)11-12-1-4-14(5-2-12)17(20)21/h1-9H,11H2,(H,20,21). The van der Waals surface area contributed by atoms with Gasteiger partial charge in [-0.1, -0.05) is 12.1 Å². The number of nitrogens with zero attached hydrogens (tertiary/aromatic N) is 2. The minimum Gasteiger partial charge on any atom is -0.478 e. The number of benzene rings is 2. The van der Waals surface area contributed by atoms with Crippen LogP contribution in [0.1, 0.15) is 21.5 Å². The van der Waals surface area contributed by atoms with Crippen LogP contribution in [0.25, 0.3) is 10.9 Å². The monoisotopic (exact) mass is 276 g/mol. The van der Waals surface area contributed by atoms with Crippen molar-refractivity contribution in [1.82, 2.24) is 4.57 Å². The van der Waals surface area contributed by atoms with Gasteiger partial charge in [-0.15, -0.1) is 0 Å². The molecule has 0 saturated heterocycles. The molecule has 3 rings (SSSR count). The highest BCUT2D eigenvalue weighted by Crippen LogP contribution is 2.19. The molecule has 0 saturated carbocycles. The van der Waals surface area contributed by atoms with E-state index in [1.54, 1.807) is 18.2 Å². The summed E-state index contributed by atoms with van der Waals surface area (Å²) in [5.41, 5.74) is 3.01. The smallest absolute Gasteiger partial charge is 0.335 e. The van der Waals surface area contributed by atoms with Gasteiger partial charge >= 0.3 is 5.97 Å². The molecule has 1 aromatic heterocycles. The number of nitriles is 1. The Kier molecular flexibility index (Phi) is 3.17. The molecule has 0 unspecified atom stereocenters. The zero-order valence-corrected chi connectivity index (χ0v) is 11.2. The van der Waals surface area contributed by atoms with E-state index in [0.29, 0.717) is 12.1 Å². The van der Waals surface area contributed by atoms with E-state index in [1.165, 1.54) is 0 Å². The molecule has 2 aromatic carbocycles.